The molecule has 0 spiro atoms. The third kappa shape index (κ3) is 0.961. The van der Waals surface area contributed by atoms with E-state index in [1.807, 2.05) is 31.5 Å². The van der Waals surface area contributed by atoms with Crippen LogP contribution in [0.25, 0.3) is 10.9 Å². The van der Waals surface area contributed by atoms with Crippen LogP contribution in [0.4, 0.5) is 0 Å². The lowest BCUT2D eigenvalue weighted by Gasteiger charge is -2.01. The van der Waals surface area contributed by atoms with Gasteiger partial charge in [0.2, 0.25) is 0 Å². The summed E-state index contributed by atoms with van der Waals surface area (Å²) in [6.07, 6.45) is 3.65. The molecule has 0 aliphatic rings. The Bertz CT molecular complexity index is 380. The van der Waals surface area contributed by atoms with Crippen molar-refractivity contribution in [1.82, 2.24) is 9.97 Å². The number of hydrogen-bond acceptors (Lipinski definition) is 2. The number of aromatic nitrogens is 2. The smallest absolute Gasteiger partial charge is 0.0916 e. The number of nitrogens with zero attached hydrogens (tertiary/aromatic N) is 2. The van der Waals surface area contributed by atoms with Gasteiger partial charge in [0.05, 0.1) is 11.2 Å². The van der Waals surface area contributed by atoms with Gasteiger partial charge >= 0.3 is 0 Å². The molecule has 12 heavy (non-hydrogen) atoms. The molecule has 2 aromatic heterocycles. The maximum atomic E-state index is 4.28. The highest BCUT2D eigenvalue weighted by Gasteiger charge is 1.99. The van der Waals surface area contributed by atoms with E-state index in [4.69, 9.17) is 0 Å². The van der Waals surface area contributed by atoms with Crippen molar-refractivity contribution in [3.8, 4) is 0 Å². The van der Waals surface area contributed by atoms with Crippen molar-refractivity contribution < 1.29 is 0 Å². The Balaban J connectivity index is 2.94. The summed E-state index contributed by atoms with van der Waals surface area (Å²) in [5.74, 6) is 0. The third-order valence-electron chi connectivity index (χ3n) is 2.06. The van der Waals surface area contributed by atoms with E-state index in [-0.39, 0.29) is 0 Å². The largest absolute Gasteiger partial charge is 0.259 e. The number of hydrogen-bond donors (Lipinski definition) is 0. The molecule has 0 bridgehead atoms. The number of fused-ring (bicyclic) bond motifs is 1. The van der Waals surface area contributed by atoms with Gasteiger partial charge in [-0.05, 0) is 31.5 Å². The minimum absolute atomic E-state index is 0.996. The summed E-state index contributed by atoms with van der Waals surface area (Å²) in [7, 11) is 0. The van der Waals surface area contributed by atoms with Gasteiger partial charge in [-0.3, -0.25) is 9.97 Å². The molecule has 2 heterocycles. The van der Waals surface area contributed by atoms with Gasteiger partial charge in [0.15, 0.2) is 0 Å². The van der Waals surface area contributed by atoms with Crippen molar-refractivity contribution in [2.45, 2.75) is 13.8 Å². The fraction of sp³-hybridized carbons (Fsp3) is 0.200. The van der Waals surface area contributed by atoms with Crippen LogP contribution in [-0.4, -0.2) is 9.97 Å². The molecule has 60 valence electrons. The van der Waals surface area contributed by atoms with Crippen LogP contribution in [-0.2, 0) is 0 Å². The predicted molar refractivity (Wildman–Crippen MR) is 49.0 cm³/mol. The zero-order valence-electron chi connectivity index (χ0n) is 7.20. The molecule has 0 amide bonds. The predicted octanol–water partition coefficient (Wildman–Crippen LogP) is 2.25. The van der Waals surface area contributed by atoms with Crippen LogP contribution >= 0.6 is 0 Å². The lowest BCUT2D eigenvalue weighted by atomic mass is 10.1. The SMILES string of the molecule is Cc1ccnc2c(C)nccc12. The fourth-order valence-electron chi connectivity index (χ4n) is 1.35. The first-order valence-electron chi connectivity index (χ1n) is 3.96. The first kappa shape index (κ1) is 7.22. The molecule has 2 aromatic rings. The second-order valence-electron chi connectivity index (χ2n) is 2.92. The van der Waals surface area contributed by atoms with E-state index in [0.717, 1.165) is 11.2 Å². The van der Waals surface area contributed by atoms with Crippen LogP contribution in [0.5, 0.6) is 0 Å². The van der Waals surface area contributed by atoms with E-state index in [1.165, 1.54) is 10.9 Å². The van der Waals surface area contributed by atoms with Crippen molar-refractivity contribution in [3.63, 3.8) is 0 Å². The molecule has 2 heteroatoms. The topological polar surface area (TPSA) is 25.8 Å². The third-order valence-corrected chi connectivity index (χ3v) is 2.06. The zero-order valence-corrected chi connectivity index (χ0v) is 7.20. The van der Waals surface area contributed by atoms with Crippen LogP contribution < -0.4 is 0 Å². The van der Waals surface area contributed by atoms with Gasteiger partial charge in [-0.1, -0.05) is 0 Å². The number of pyridine rings is 2. The Hall–Kier alpha value is -1.44. The highest BCUT2D eigenvalue weighted by molar-refractivity contribution is 5.82. The molecule has 0 atom stereocenters. The summed E-state index contributed by atoms with van der Waals surface area (Å²) in [4.78, 5) is 8.46. The molecule has 0 N–H and O–H groups in total. The van der Waals surface area contributed by atoms with Crippen molar-refractivity contribution >= 4 is 10.9 Å². The normalized spacial score (nSPS) is 10.5. The van der Waals surface area contributed by atoms with Gasteiger partial charge in [-0.25, -0.2) is 0 Å². The van der Waals surface area contributed by atoms with Gasteiger partial charge in [0.25, 0.3) is 0 Å². The Labute approximate surface area is 71.3 Å². The maximum absolute atomic E-state index is 4.28. The number of aryl methyl sites for hydroxylation is 2. The van der Waals surface area contributed by atoms with Crippen LogP contribution in [0.2, 0.25) is 0 Å². The summed E-state index contributed by atoms with van der Waals surface area (Å²) in [5, 5.41) is 1.20. The summed E-state index contributed by atoms with van der Waals surface area (Å²) in [6, 6.07) is 4.02. The number of rotatable bonds is 0. The molecule has 0 radical (unpaired) electrons. The first-order valence-corrected chi connectivity index (χ1v) is 3.96. The monoisotopic (exact) mass is 158 g/mol. The van der Waals surface area contributed by atoms with Crippen molar-refractivity contribution in [3.05, 3.63) is 35.8 Å². The van der Waals surface area contributed by atoms with Crippen LogP contribution in [0.1, 0.15) is 11.3 Å². The molecule has 0 saturated heterocycles. The minimum atomic E-state index is 0.996. The Morgan fingerprint density at radius 3 is 2.50 bits per heavy atom. The van der Waals surface area contributed by atoms with Crippen molar-refractivity contribution in [1.29, 1.82) is 0 Å². The Kier molecular flexibility index (Phi) is 1.54. The molecule has 0 aromatic carbocycles. The average Bonchev–Trinajstić information content (AvgIpc) is 2.07. The van der Waals surface area contributed by atoms with Gasteiger partial charge < -0.3 is 0 Å². The fourth-order valence-corrected chi connectivity index (χ4v) is 1.35. The quantitative estimate of drug-likeness (QED) is 0.587. The van der Waals surface area contributed by atoms with Crippen molar-refractivity contribution in [2.75, 3.05) is 0 Å². The van der Waals surface area contributed by atoms with E-state index in [9.17, 15) is 0 Å². The minimum Gasteiger partial charge on any atom is -0.259 e. The summed E-state index contributed by atoms with van der Waals surface area (Å²) in [6.45, 7) is 4.07. The van der Waals surface area contributed by atoms with Crippen LogP contribution in [0.3, 0.4) is 0 Å². The summed E-state index contributed by atoms with van der Waals surface area (Å²) >= 11 is 0. The Morgan fingerprint density at radius 2 is 1.75 bits per heavy atom. The molecular weight excluding hydrogens is 148 g/mol. The van der Waals surface area contributed by atoms with E-state index in [0.29, 0.717) is 0 Å². The lowest BCUT2D eigenvalue weighted by Crippen LogP contribution is -1.88. The first-order chi connectivity index (χ1) is 5.79. The molecule has 2 rings (SSSR count). The van der Waals surface area contributed by atoms with Crippen LogP contribution in [0.15, 0.2) is 24.5 Å². The molecule has 0 fully saturated rings. The van der Waals surface area contributed by atoms with E-state index in [1.54, 1.807) is 0 Å². The maximum Gasteiger partial charge on any atom is 0.0916 e. The second kappa shape index (κ2) is 2.55. The van der Waals surface area contributed by atoms with Crippen LogP contribution in [0, 0.1) is 13.8 Å². The van der Waals surface area contributed by atoms with E-state index >= 15 is 0 Å². The highest BCUT2D eigenvalue weighted by Crippen LogP contribution is 2.16. The molecule has 0 saturated carbocycles. The second-order valence-corrected chi connectivity index (χ2v) is 2.92. The lowest BCUT2D eigenvalue weighted by molar-refractivity contribution is 1.20. The molecule has 0 unspecified atom stereocenters. The Morgan fingerprint density at radius 1 is 1.00 bits per heavy atom. The van der Waals surface area contributed by atoms with Gasteiger partial charge in [0.1, 0.15) is 0 Å². The zero-order chi connectivity index (χ0) is 8.55. The van der Waals surface area contributed by atoms with Gasteiger partial charge in [-0.15, -0.1) is 0 Å². The average molecular weight is 158 g/mol. The highest BCUT2D eigenvalue weighted by atomic mass is 14.7. The summed E-state index contributed by atoms with van der Waals surface area (Å²) < 4.78 is 0. The van der Waals surface area contributed by atoms with Gasteiger partial charge in [-0.2, -0.15) is 0 Å². The standard InChI is InChI=1S/C10H10N2/c1-7-3-5-12-10-8(2)11-6-4-9(7)10/h3-6H,1-2H3. The molecular formula is C10H10N2. The summed E-state index contributed by atoms with van der Waals surface area (Å²) in [5.41, 5.74) is 3.26. The van der Waals surface area contributed by atoms with Gasteiger partial charge in [0, 0.05) is 17.8 Å². The van der Waals surface area contributed by atoms with E-state index < -0.39 is 0 Å². The molecule has 2 nitrogen and oxygen atoms in total. The molecule has 0 aliphatic carbocycles. The molecule has 0 aliphatic heterocycles. The van der Waals surface area contributed by atoms with Crippen molar-refractivity contribution in [2.24, 2.45) is 0 Å². The van der Waals surface area contributed by atoms with E-state index in [2.05, 4.69) is 16.9 Å².